The average Bonchev–Trinajstić information content (AvgIpc) is 3.11. The van der Waals surface area contributed by atoms with Crippen LogP contribution in [0.15, 0.2) is 77.2 Å². The standard InChI is InChI=1S/C21H16ClN3O2/c22-15-8-11-19-18(12-15)25-21(27-19)14-6-9-17(10-7-14)24-20(26)13-23-16-4-2-1-3-5-16/h1-12,23H,13H2,(H,24,26)/p+1. The first kappa shape index (κ1) is 17.1. The Kier molecular flexibility index (Phi) is 4.77. The molecule has 0 spiro atoms. The first-order valence-electron chi connectivity index (χ1n) is 8.48. The second-order valence-electron chi connectivity index (χ2n) is 6.04. The molecule has 0 aliphatic heterocycles. The van der Waals surface area contributed by atoms with Crippen LogP contribution in [0.3, 0.4) is 0 Å². The normalized spacial score (nSPS) is 10.7. The first-order valence-corrected chi connectivity index (χ1v) is 8.86. The molecule has 0 aliphatic rings. The smallest absolute Gasteiger partial charge is 0.379 e. The van der Waals surface area contributed by atoms with Crippen molar-refractivity contribution in [3.63, 3.8) is 0 Å². The van der Waals surface area contributed by atoms with Gasteiger partial charge in [-0.25, -0.2) is 0 Å². The summed E-state index contributed by atoms with van der Waals surface area (Å²) in [4.78, 5) is 15.3. The SMILES string of the molecule is O=C(CNc1ccccc1)Nc1ccc(-c2[nH+]c3cc(Cl)ccc3o2)cc1. The highest BCUT2D eigenvalue weighted by molar-refractivity contribution is 6.31. The van der Waals surface area contributed by atoms with E-state index >= 15 is 0 Å². The zero-order chi connectivity index (χ0) is 18.6. The van der Waals surface area contributed by atoms with Crippen LogP contribution in [0.4, 0.5) is 11.4 Å². The van der Waals surface area contributed by atoms with Crippen LogP contribution < -0.4 is 15.6 Å². The van der Waals surface area contributed by atoms with Gasteiger partial charge in [-0.3, -0.25) is 4.79 Å². The molecule has 1 heterocycles. The number of hydrogen-bond acceptors (Lipinski definition) is 3. The molecule has 6 heteroatoms. The van der Waals surface area contributed by atoms with E-state index in [4.69, 9.17) is 16.0 Å². The minimum Gasteiger partial charge on any atom is -0.398 e. The summed E-state index contributed by atoms with van der Waals surface area (Å²) in [6.07, 6.45) is 0. The van der Waals surface area contributed by atoms with E-state index < -0.39 is 0 Å². The minimum atomic E-state index is -0.114. The summed E-state index contributed by atoms with van der Waals surface area (Å²) in [6.45, 7) is 0.198. The Morgan fingerprint density at radius 1 is 0.963 bits per heavy atom. The van der Waals surface area contributed by atoms with Crippen molar-refractivity contribution in [2.45, 2.75) is 0 Å². The molecule has 0 saturated carbocycles. The zero-order valence-corrected chi connectivity index (χ0v) is 15.1. The summed E-state index contributed by atoms with van der Waals surface area (Å²) in [7, 11) is 0. The molecule has 1 amide bonds. The Bertz CT molecular complexity index is 1080. The van der Waals surface area contributed by atoms with Gasteiger partial charge in [-0.05, 0) is 48.5 Å². The lowest BCUT2D eigenvalue weighted by molar-refractivity contribution is -0.338. The van der Waals surface area contributed by atoms with Gasteiger partial charge in [0.05, 0.1) is 12.1 Å². The maximum absolute atomic E-state index is 12.1. The predicted molar refractivity (Wildman–Crippen MR) is 107 cm³/mol. The number of fused-ring (bicyclic) bond motifs is 1. The van der Waals surface area contributed by atoms with Gasteiger partial charge in [0.15, 0.2) is 0 Å². The molecule has 3 aromatic carbocycles. The number of oxazole rings is 1. The second-order valence-corrected chi connectivity index (χ2v) is 6.48. The molecule has 0 fully saturated rings. The lowest BCUT2D eigenvalue weighted by Gasteiger charge is -2.07. The fraction of sp³-hybridized carbons (Fsp3) is 0.0476. The Labute approximate surface area is 161 Å². The number of benzene rings is 3. The monoisotopic (exact) mass is 378 g/mol. The van der Waals surface area contributed by atoms with Gasteiger partial charge < -0.3 is 15.1 Å². The van der Waals surface area contributed by atoms with Crippen molar-refractivity contribution in [1.29, 1.82) is 0 Å². The molecule has 4 rings (SSSR count). The van der Waals surface area contributed by atoms with Gasteiger partial charge >= 0.3 is 5.89 Å². The number of carbonyl (C=O) groups is 1. The van der Waals surface area contributed by atoms with Crippen molar-refractivity contribution in [1.82, 2.24) is 0 Å². The lowest BCUT2D eigenvalue weighted by atomic mass is 10.2. The summed E-state index contributed by atoms with van der Waals surface area (Å²) in [5.41, 5.74) is 4.07. The predicted octanol–water partition coefficient (Wildman–Crippen LogP) is 4.62. The molecule has 0 atom stereocenters. The molecule has 0 radical (unpaired) electrons. The number of amides is 1. The molecule has 3 N–H and O–H groups in total. The summed E-state index contributed by atoms with van der Waals surface area (Å²) < 4.78 is 5.81. The van der Waals surface area contributed by atoms with E-state index in [1.807, 2.05) is 66.7 Å². The van der Waals surface area contributed by atoms with Crippen LogP contribution in [0.25, 0.3) is 22.6 Å². The number of anilines is 2. The number of nitrogens with one attached hydrogen (secondary N) is 3. The average molecular weight is 379 g/mol. The van der Waals surface area contributed by atoms with Gasteiger partial charge in [-0.15, -0.1) is 0 Å². The number of H-pyrrole nitrogens is 1. The van der Waals surface area contributed by atoms with E-state index in [-0.39, 0.29) is 12.5 Å². The number of rotatable bonds is 5. The molecule has 1 aromatic heterocycles. The van der Waals surface area contributed by atoms with Crippen molar-refractivity contribution >= 4 is 40.0 Å². The van der Waals surface area contributed by atoms with Gasteiger partial charge in [0.2, 0.25) is 11.5 Å². The van der Waals surface area contributed by atoms with Crippen molar-refractivity contribution in [2.75, 3.05) is 17.2 Å². The highest BCUT2D eigenvalue weighted by Gasteiger charge is 2.15. The van der Waals surface area contributed by atoms with Gasteiger partial charge in [0.25, 0.3) is 5.52 Å². The van der Waals surface area contributed by atoms with Crippen LogP contribution >= 0.6 is 11.6 Å². The largest absolute Gasteiger partial charge is 0.398 e. The van der Waals surface area contributed by atoms with E-state index in [2.05, 4.69) is 15.6 Å². The Balaban J connectivity index is 1.41. The number of halogens is 1. The Morgan fingerprint density at radius 2 is 1.74 bits per heavy atom. The first-order chi connectivity index (χ1) is 13.2. The number of carbonyl (C=O) groups excluding carboxylic acids is 1. The van der Waals surface area contributed by atoms with Gasteiger partial charge in [0, 0.05) is 22.5 Å². The van der Waals surface area contributed by atoms with Crippen LogP contribution in [0.1, 0.15) is 0 Å². The third-order valence-corrected chi connectivity index (χ3v) is 4.29. The third-order valence-electron chi connectivity index (χ3n) is 4.06. The molecule has 0 unspecified atom stereocenters. The van der Waals surface area contributed by atoms with Crippen LogP contribution in [0.5, 0.6) is 0 Å². The maximum atomic E-state index is 12.1. The summed E-state index contributed by atoms with van der Waals surface area (Å²) in [5.74, 6) is 0.521. The molecule has 134 valence electrons. The van der Waals surface area contributed by atoms with E-state index in [0.29, 0.717) is 10.9 Å². The maximum Gasteiger partial charge on any atom is 0.379 e. The summed E-state index contributed by atoms with van der Waals surface area (Å²) in [6, 6.07) is 22.5. The zero-order valence-electron chi connectivity index (χ0n) is 14.3. The third kappa shape index (κ3) is 4.10. The molecule has 27 heavy (non-hydrogen) atoms. The van der Waals surface area contributed by atoms with Crippen LogP contribution in [-0.2, 0) is 4.79 Å². The van der Waals surface area contributed by atoms with Crippen molar-refractivity contribution < 1.29 is 14.2 Å². The van der Waals surface area contributed by atoms with E-state index in [9.17, 15) is 4.79 Å². The quantitative estimate of drug-likeness (QED) is 0.532. The molecular weight excluding hydrogens is 362 g/mol. The number of hydrogen-bond donors (Lipinski definition) is 2. The van der Waals surface area contributed by atoms with Gasteiger partial charge in [-0.2, -0.15) is 4.98 Å². The van der Waals surface area contributed by atoms with Gasteiger partial charge in [-0.1, -0.05) is 29.8 Å². The van der Waals surface area contributed by atoms with Gasteiger partial charge in [0.1, 0.15) is 0 Å². The van der Waals surface area contributed by atoms with E-state index in [1.165, 1.54) is 0 Å². The van der Waals surface area contributed by atoms with E-state index in [1.54, 1.807) is 6.07 Å². The van der Waals surface area contributed by atoms with Crippen molar-refractivity contribution in [3.05, 3.63) is 77.8 Å². The van der Waals surface area contributed by atoms with Crippen LogP contribution in [-0.4, -0.2) is 12.5 Å². The molecule has 0 bridgehead atoms. The number of aromatic amines is 1. The Hall–Kier alpha value is -3.31. The molecule has 5 nitrogen and oxygen atoms in total. The van der Waals surface area contributed by atoms with Crippen LogP contribution in [0.2, 0.25) is 5.02 Å². The second kappa shape index (κ2) is 7.51. The minimum absolute atomic E-state index is 0.114. The molecule has 4 aromatic rings. The highest BCUT2D eigenvalue weighted by Crippen LogP contribution is 2.24. The van der Waals surface area contributed by atoms with Crippen molar-refractivity contribution in [2.24, 2.45) is 0 Å². The topological polar surface area (TPSA) is 68.4 Å². The van der Waals surface area contributed by atoms with Crippen molar-refractivity contribution in [3.8, 4) is 11.5 Å². The number of para-hydroxylation sites is 1. The fourth-order valence-corrected chi connectivity index (χ4v) is 2.90. The molecular formula is C21H17ClN3O2+. The highest BCUT2D eigenvalue weighted by atomic mass is 35.5. The summed E-state index contributed by atoms with van der Waals surface area (Å²) >= 11 is 6.00. The number of aromatic nitrogens is 1. The van der Waals surface area contributed by atoms with E-state index in [0.717, 1.165) is 28.0 Å². The lowest BCUT2D eigenvalue weighted by Crippen LogP contribution is -2.21. The molecule has 0 aliphatic carbocycles. The summed E-state index contributed by atoms with van der Waals surface area (Å²) in [5, 5.41) is 6.59. The van der Waals surface area contributed by atoms with Crippen LogP contribution in [0, 0.1) is 0 Å². The molecule has 0 saturated heterocycles. The fourth-order valence-electron chi connectivity index (χ4n) is 2.73. The Morgan fingerprint density at radius 3 is 2.52 bits per heavy atom.